The predicted molar refractivity (Wildman–Crippen MR) is 102 cm³/mol. The van der Waals surface area contributed by atoms with E-state index in [1.807, 2.05) is 0 Å². The van der Waals surface area contributed by atoms with E-state index in [-0.39, 0.29) is 0 Å². The van der Waals surface area contributed by atoms with Crippen molar-refractivity contribution < 1.29 is 0 Å². The highest BCUT2D eigenvalue weighted by Crippen LogP contribution is 2.20. The number of hydrogen-bond acceptors (Lipinski definition) is 0. The molecule has 0 heteroatoms. The van der Waals surface area contributed by atoms with Crippen LogP contribution in [-0.2, 0) is 0 Å². The van der Waals surface area contributed by atoms with E-state index in [2.05, 4.69) is 97.9 Å². The SMILES string of the molecule is Cc1ccc2cc(/C=C\c3ccc4ccccc4c3)ccc2c1. The summed E-state index contributed by atoms with van der Waals surface area (Å²) in [5.41, 5.74) is 3.76. The van der Waals surface area contributed by atoms with Gasteiger partial charge >= 0.3 is 0 Å². The zero-order valence-electron chi connectivity index (χ0n) is 13.2. The second kappa shape index (κ2) is 5.73. The molecule has 23 heavy (non-hydrogen) atoms. The first kappa shape index (κ1) is 13.8. The lowest BCUT2D eigenvalue weighted by Gasteiger charge is -2.02. The summed E-state index contributed by atoms with van der Waals surface area (Å²) in [6, 6.07) is 28.3. The van der Waals surface area contributed by atoms with Crippen LogP contribution in [0.4, 0.5) is 0 Å². The third-order valence-electron chi connectivity index (χ3n) is 4.26. The molecule has 0 aliphatic carbocycles. The largest absolute Gasteiger partial charge is 0.0616 e. The van der Waals surface area contributed by atoms with Crippen LogP contribution in [0.1, 0.15) is 16.7 Å². The Balaban J connectivity index is 1.67. The lowest BCUT2D eigenvalue weighted by molar-refractivity contribution is 1.50. The first-order valence-corrected chi connectivity index (χ1v) is 7.95. The van der Waals surface area contributed by atoms with Crippen LogP contribution in [0.5, 0.6) is 0 Å². The molecule has 0 spiro atoms. The van der Waals surface area contributed by atoms with Crippen LogP contribution in [0.2, 0.25) is 0 Å². The quantitative estimate of drug-likeness (QED) is 0.371. The van der Waals surface area contributed by atoms with Crippen LogP contribution in [-0.4, -0.2) is 0 Å². The number of hydrogen-bond donors (Lipinski definition) is 0. The molecule has 0 amide bonds. The van der Waals surface area contributed by atoms with Gasteiger partial charge in [-0.25, -0.2) is 0 Å². The fraction of sp³-hybridized carbons (Fsp3) is 0.0435. The van der Waals surface area contributed by atoms with Gasteiger partial charge in [-0.05, 0) is 51.7 Å². The Morgan fingerprint density at radius 2 is 1.04 bits per heavy atom. The fourth-order valence-electron chi connectivity index (χ4n) is 2.99. The molecule has 110 valence electrons. The van der Waals surface area contributed by atoms with Gasteiger partial charge in [0.2, 0.25) is 0 Å². The minimum atomic E-state index is 1.23. The van der Waals surface area contributed by atoms with Crippen molar-refractivity contribution >= 4 is 33.7 Å². The van der Waals surface area contributed by atoms with E-state index in [4.69, 9.17) is 0 Å². The summed E-state index contributed by atoms with van der Waals surface area (Å²) in [6.45, 7) is 2.13. The third kappa shape index (κ3) is 2.89. The Bertz CT molecular complexity index is 1020. The van der Waals surface area contributed by atoms with Gasteiger partial charge in [0.15, 0.2) is 0 Å². The molecular formula is C23H18. The molecule has 0 aliphatic heterocycles. The topological polar surface area (TPSA) is 0 Å². The van der Waals surface area contributed by atoms with Gasteiger partial charge in [-0.3, -0.25) is 0 Å². The molecule has 4 aromatic carbocycles. The molecule has 0 aromatic heterocycles. The lowest BCUT2D eigenvalue weighted by atomic mass is 10.0. The van der Waals surface area contributed by atoms with Crippen molar-refractivity contribution in [1.82, 2.24) is 0 Å². The van der Waals surface area contributed by atoms with Crippen LogP contribution < -0.4 is 0 Å². The maximum atomic E-state index is 2.24. The maximum absolute atomic E-state index is 2.24. The summed E-state index contributed by atoms with van der Waals surface area (Å²) in [6.07, 6.45) is 4.37. The zero-order valence-corrected chi connectivity index (χ0v) is 13.2. The Hall–Kier alpha value is -2.86. The molecule has 0 atom stereocenters. The number of benzene rings is 4. The summed E-state index contributed by atoms with van der Waals surface area (Å²) in [4.78, 5) is 0. The van der Waals surface area contributed by atoms with Crippen LogP contribution in [0, 0.1) is 6.92 Å². The standard InChI is InChI=1S/C23H18/c1-17-6-11-23-16-19(10-13-22(23)14-17)8-7-18-9-12-20-4-2-3-5-21(20)15-18/h2-16H,1H3/b8-7-. The van der Waals surface area contributed by atoms with Gasteiger partial charge in [0, 0.05) is 0 Å². The molecule has 0 aliphatic rings. The predicted octanol–water partition coefficient (Wildman–Crippen LogP) is 6.47. The Morgan fingerprint density at radius 1 is 0.522 bits per heavy atom. The van der Waals surface area contributed by atoms with Gasteiger partial charge in [0.25, 0.3) is 0 Å². The first-order chi connectivity index (χ1) is 11.3. The molecule has 0 nitrogen and oxygen atoms in total. The second-order valence-electron chi connectivity index (χ2n) is 6.05. The summed E-state index contributed by atoms with van der Waals surface area (Å²) < 4.78 is 0. The van der Waals surface area contributed by atoms with Gasteiger partial charge < -0.3 is 0 Å². The van der Waals surface area contributed by atoms with Crippen molar-refractivity contribution in [3.63, 3.8) is 0 Å². The minimum absolute atomic E-state index is 1.23. The van der Waals surface area contributed by atoms with Crippen molar-refractivity contribution in [2.45, 2.75) is 6.92 Å². The van der Waals surface area contributed by atoms with E-state index < -0.39 is 0 Å². The van der Waals surface area contributed by atoms with Crippen molar-refractivity contribution in [1.29, 1.82) is 0 Å². The molecule has 0 N–H and O–H groups in total. The van der Waals surface area contributed by atoms with E-state index in [0.717, 1.165) is 0 Å². The molecular weight excluding hydrogens is 276 g/mol. The highest BCUT2D eigenvalue weighted by atomic mass is 14.0. The van der Waals surface area contributed by atoms with E-state index in [1.165, 1.54) is 38.2 Å². The van der Waals surface area contributed by atoms with E-state index in [9.17, 15) is 0 Å². The Labute approximate surface area is 136 Å². The number of fused-ring (bicyclic) bond motifs is 2. The van der Waals surface area contributed by atoms with Crippen LogP contribution >= 0.6 is 0 Å². The van der Waals surface area contributed by atoms with E-state index in [1.54, 1.807) is 0 Å². The van der Waals surface area contributed by atoms with Crippen molar-refractivity contribution in [2.75, 3.05) is 0 Å². The molecule has 0 saturated carbocycles. The highest BCUT2D eigenvalue weighted by molar-refractivity contribution is 5.88. The summed E-state index contributed by atoms with van der Waals surface area (Å²) in [7, 11) is 0. The summed E-state index contributed by atoms with van der Waals surface area (Å²) in [5, 5.41) is 5.15. The van der Waals surface area contributed by atoms with Gasteiger partial charge in [-0.1, -0.05) is 84.4 Å². The van der Waals surface area contributed by atoms with Gasteiger partial charge in [-0.15, -0.1) is 0 Å². The Kier molecular flexibility index (Phi) is 3.44. The van der Waals surface area contributed by atoms with E-state index >= 15 is 0 Å². The molecule has 0 heterocycles. The van der Waals surface area contributed by atoms with Crippen LogP contribution in [0.3, 0.4) is 0 Å². The zero-order chi connectivity index (χ0) is 15.6. The lowest BCUT2D eigenvalue weighted by Crippen LogP contribution is -1.78. The molecule has 4 aromatic rings. The number of rotatable bonds is 2. The molecule has 0 saturated heterocycles. The van der Waals surface area contributed by atoms with Crippen LogP contribution in [0.15, 0.2) is 78.9 Å². The van der Waals surface area contributed by atoms with Gasteiger partial charge in [0.05, 0.1) is 0 Å². The normalized spacial score (nSPS) is 11.5. The van der Waals surface area contributed by atoms with Crippen molar-refractivity contribution in [2.24, 2.45) is 0 Å². The summed E-state index contributed by atoms with van der Waals surface area (Å²) in [5.74, 6) is 0. The van der Waals surface area contributed by atoms with Crippen molar-refractivity contribution in [3.05, 3.63) is 95.6 Å². The molecule has 0 radical (unpaired) electrons. The number of aryl methyl sites for hydroxylation is 1. The van der Waals surface area contributed by atoms with Gasteiger partial charge in [0.1, 0.15) is 0 Å². The average Bonchev–Trinajstić information content (AvgIpc) is 2.59. The minimum Gasteiger partial charge on any atom is -0.0616 e. The summed E-state index contributed by atoms with van der Waals surface area (Å²) >= 11 is 0. The average molecular weight is 294 g/mol. The first-order valence-electron chi connectivity index (χ1n) is 7.95. The monoisotopic (exact) mass is 294 g/mol. The fourth-order valence-corrected chi connectivity index (χ4v) is 2.99. The molecule has 0 fully saturated rings. The highest BCUT2D eigenvalue weighted by Gasteiger charge is 1.96. The maximum Gasteiger partial charge on any atom is -0.0178 e. The molecule has 0 unspecified atom stereocenters. The molecule has 4 rings (SSSR count). The van der Waals surface area contributed by atoms with Gasteiger partial charge in [-0.2, -0.15) is 0 Å². The second-order valence-corrected chi connectivity index (χ2v) is 6.05. The Morgan fingerprint density at radius 3 is 1.78 bits per heavy atom. The van der Waals surface area contributed by atoms with E-state index in [0.29, 0.717) is 0 Å². The molecule has 0 bridgehead atoms. The third-order valence-corrected chi connectivity index (χ3v) is 4.26. The smallest absolute Gasteiger partial charge is 0.0178 e. The van der Waals surface area contributed by atoms with Crippen LogP contribution in [0.25, 0.3) is 33.7 Å². The van der Waals surface area contributed by atoms with Crippen molar-refractivity contribution in [3.8, 4) is 0 Å².